The summed E-state index contributed by atoms with van der Waals surface area (Å²) in [5, 5.41) is 19.7. The third kappa shape index (κ3) is 2.57. The van der Waals surface area contributed by atoms with Crippen molar-refractivity contribution in [3.05, 3.63) is 0 Å². The summed E-state index contributed by atoms with van der Waals surface area (Å²) < 4.78 is 0. The number of rotatable bonds is 4. The molecule has 1 aliphatic rings. The van der Waals surface area contributed by atoms with Gasteiger partial charge in [-0.15, -0.1) is 0 Å². The molecule has 0 saturated heterocycles. The molecule has 4 unspecified atom stereocenters. The fourth-order valence-electron chi connectivity index (χ4n) is 3.03. The second kappa shape index (κ2) is 5.17. The van der Waals surface area contributed by atoms with Gasteiger partial charge in [0, 0.05) is 5.92 Å². The molecule has 1 saturated carbocycles. The summed E-state index contributed by atoms with van der Waals surface area (Å²) in [6, 6.07) is 0. The van der Waals surface area contributed by atoms with E-state index in [-0.39, 0.29) is 5.92 Å². The lowest BCUT2D eigenvalue weighted by atomic mass is 9.66. The molecular formula is C13H24O3. The van der Waals surface area contributed by atoms with Crippen molar-refractivity contribution in [2.24, 2.45) is 17.8 Å². The van der Waals surface area contributed by atoms with Gasteiger partial charge in [0.1, 0.15) is 0 Å². The van der Waals surface area contributed by atoms with E-state index in [0.29, 0.717) is 24.7 Å². The standard InChI is InChI=1S/C13H24O3/c1-4-7-13(16,12(14)15)11-8-9(2)5-6-10(11)3/h9-11,16H,4-8H2,1-3H3,(H,14,15). The van der Waals surface area contributed by atoms with E-state index in [1.807, 2.05) is 6.92 Å². The van der Waals surface area contributed by atoms with E-state index in [4.69, 9.17) is 0 Å². The molecule has 0 aromatic carbocycles. The number of carboxylic acids is 1. The fourth-order valence-corrected chi connectivity index (χ4v) is 3.03. The zero-order valence-corrected chi connectivity index (χ0v) is 10.6. The van der Waals surface area contributed by atoms with Gasteiger partial charge in [0.25, 0.3) is 0 Å². The maximum absolute atomic E-state index is 11.3. The van der Waals surface area contributed by atoms with Gasteiger partial charge in [0.05, 0.1) is 0 Å². The monoisotopic (exact) mass is 228 g/mol. The molecule has 0 bridgehead atoms. The molecule has 0 spiro atoms. The molecular weight excluding hydrogens is 204 g/mol. The van der Waals surface area contributed by atoms with Gasteiger partial charge < -0.3 is 10.2 Å². The van der Waals surface area contributed by atoms with Gasteiger partial charge in [-0.1, -0.05) is 40.0 Å². The Hall–Kier alpha value is -0.570. The Morgan fingerprint density at radius 1 is 1.38 bits per heavy atom. The van der Waals surface area contributed by atoms with E-state index in [1.165, 1.54) is 0 Å². The normalized spacial score (nSPS) is 34.4. The van der Waals surface area contributed by atoms with Crippen molar-refractivity contribution in [3.63, 3.8) is 0 Å². The zero-order chi connectivity index (χ0) is 12.3. The van der Waals surface area contributed by atoms with Crippen LogP contribution in [0.3, 0.4) is 0 Å². The molecule has 16 heavy (non-hydrogen) atoms. The zero-order valence-electron chi connectivity index (χ0n) is 10.6. The molecule has 0 aliphatic heterocycles. The number of aliphatic hydroxyl groups is 1. The highest BCUT2D eigenvalue weighted by atomic mass is 16.4. The molecule has 1 rings (SSSR count). The third-order valence-corrected chi connectivity index (χ3v) is 4.07. The topological polar surface area (TPSA) is 57.5 Å². The van der Waals surface area contributed by atoms with Crippen LogP contribution in [0, 0.1) is 17.8 Å². The highest BCUT2D eigenvalue weighted by Gasteiger charge is 2.47. The Bertz CT molecular complexity index is 252. The lowest BCUT2D eigenvalue weighted by Gasteiger charge is -2.41. The number of carbonyl (C=O) groups is 1. The largest absolute Gasteiger partial charge is 0.479 e. The fraction of sp³-hybridized carbons (Fsp3) is 0.923. The average molecular weight is 228 g/mol. The molecule has 0 radical (unpaired) electrons. The van der Waals surface area contributed by atoms with Gasteiger partial charge in [-0.2, -0.15) is 0 Å². The molecule has 4 atom stereocenters. The van der Waals surface area contributed by atoms with E-state index >= 15 is 0 Å². The van der Waals surface area contributed by atoms with Gasteiger partial charge >= 0.3 is 5.97 Å². The summed E-state index contributed by atoms with van der Waals surface area (Å²) in [4.78, 5) is 11.3. The Labute approximate surface area is 97.9 Å². The maximum Gasteiger partial charge on any atom is 0.335 e. The van der Waals surface area contributed by atoms with Crippen LogP contribution in [0.25, 0.3) is 0 Å². The van der Waals surface area contributed by atoms with Gasteiger partial charge in [-0.25, -0.2) is 4.79 Å². The SMILES string of the molecule is CCCC(O)(C(=O)O)C1CC(C)CCC1C. The van der Waals surface area contributed by atoms with Crippen LogP contribution in [-0.4, -0.2) is 21.8 Å². The first-order chi connectivity index (χ1) is 7.41. The van der Waals surface area contributed by atoms with Crippen LogP contribution in [0.15, 0.2) is 0 Å². The van der Waals surface area contributed by atoms with Crippen LogP contribution in [0.4, 0.5) is 0 Å². The predicted octanol–water partition coefficient (Wildman–Crippen LogP) is 2.67. The van der Waals surface area contributed by atoms with Crippen molar-refractivity contribution in [3.8, 4) is 0 Å². The second-order valence-electron chi connectivity index (χ2n) is 5.48. The van der Waals surface area contributed by atoms with Crippen molar-refractivity contribution in [1.82, 2.24) is 0 Å². The van der Waals surface area contributed by atoms with Crippen LogP contribution in [-0.2, 0) is 4.79 Å². The highest BCUT2D eigenvalue weighted by Crippen LogP contribution is 2.41. The highest BCUT2D eigenvalue weighted by molar-refractivity contribution is 5.77. The number of carboxylic acid groups (broad SMARTS) is 1. The van der Waals surface area contributed by atoms with Gasteiger partial charge in [-0.05, 0) is 24.7 Å². The molecule has 3 heteroatoms. The summed E-state index contributed by atoms with van der Waals surface area (Å²) in [6.45, 7) is 6.14. The number of hydrogen-bond donors (Lipinski definition) is 2. The van der Waals surface area contributed by atoms with E-state index in [1.54, 1.807) is 0 Å². The van der Waals surface area contributed by atoms with Crippen molar-refractivity contribution in [2.75, 3.05) is 0 Å². The summed E-state index contributed by atoms with van der Waals surface area (Å²) in [7, 11) is 0. The molecule has 0 aromatic rings. The van der Waals surface area contributed by atoms with Gasteiger partial charge in [0.2, 0.25) is 0 Å². The quantitative estimate of drug-likeness (QED) is 0.777. The second-order valence-corrected chi connectivity index (χ2v) is 5.48. The van der Waals surface area contributed by atoms with E-state index in [9.17, 15) is 15.0 Å². The van der Waals surface area contributed by atoms with Crippen molar-refractivity contribution >= 4 is 5.97 Å². The average Bonchev–Trinajstić information content (AvgIpc) is 2.21. The summed E-state index contributed by atoms with van der Waals surface area (Å²) in [5.41, 5.74) is -1.51. The Balaban J connectivity index is 2.87. The Morgan fingerprint density at radius 2 is 2.00 bits per heavy atom. The number of aliphatic carboxylic acids is 1. The molecule has 0 heterocycles. The molecule has 2 N–H and O–H groups in total. The summed E-state index contributed by atoms with van der Waals surface area (Å²) in [5.74, 6) is -0.290. The Morgan fingerprint density at radius 3 is 2.50 bits per heavy atom. The summed E-state index contributed by atoms with van der Waals surface area (Å²) >= 11 is 0. The van der Waals surface area contributed by atoms with E-state index in [2.05, 4.69) is 13.8 Å². The summed E-state index contributed by atoms with van der Waals surface area (Å²) in [6.07, 6.45) is 4.10. The van der Waals surface area contributed by atoms with Crippen LogP contribution >= 0.6 is 0 Å². The first-order valence-electron chi connectivity index (χ1n) is 6.37. The molecule has 0 amide bonds. The molecule has 94 valence electrons. The smallest absolute Gasteiger partial charge is 0.335 e. The minimum absolute atomic E-state index is 0.0892. The predicted molar refractivity (Wildman–Crippen MR) is 63.2 cm³/mol. The first-order valence-corrected chi connectivity index (χ1v) is 6.37. The molecule has 1 aliphatic carbocycles. The van der Waals surface area contributed by atoms with Crippen molar-refractivity contribution < 1.29 is 15.0 Å². The van der Waals surface area contributed by atoms with Crippen LogP contribution < -0.4 is 0 Å². The maximum atomic E-state index is 11.3. The van der Waals surface area contributed by atoms with Crippen molar-refractivity contribution in [2.45, 2.75) is 58.5 Å². The van der Waals surface area contributed by atoms with Crippen LogP contribution in [0.1, 0.15) is 52.9 Å². The Kier molecular flexibility index (Phi) is 4.36. The number of hydrogen-bond acceptors (Lipinski definition) is 2. The third-order valence-electron chi connectivity index (χ3n) is 4.07. The lowest BCUT2D eigenvalue weighted by molar-refractivity contribution is -0.171. The molecule has 0 aromatic heterocycles. The van der Waals surface area contributed by atoms with Gasteiger partial charge in [-0.3, -0.25) is 0 Å². The lowest BCUT2D eigenvalue weighted by Crippen LogP contribution is -2.50. The van der Waals surface area contributed by atoms with E-state index in [0.717, 1.165) is 19.3 Å². The minimum Gasteiger partial charge on any atom is -0.479 e. The van der Waals surface area contributed by atoms with Crippen LogP contribution in [0.2, 0.25) is 0 Å². The van der Waals surface area contributed by atoms with Gasteiger partial charge in [0.15, 0.2) is 5.60 Å². The molecule has 1 fully saturated rings. The minimum atomic E-state index is -1.51. The van der Waals surface area contributed by atoms with E-state index < -0.39 is 11.6 Å². The first kappa shape index (κ1) is 13.5. The molecule has 3 nitrogen and oxygen atoms in total. The van der Waals surface area contributed by atoms with Crippen molar-refractivity contribution in [1.29, 1.82) is 0 Å². The van der Waals surface area contributed by atoms with Crippen LogP contribution in [0.5, 0.6) is 0 Å².